The van der Waals surface area contributed by atoms with E-state index in [-0.39, 0.29) is 0 Å². The summed E-state index contributed by atoms with van der Waals surface area (Å²) in [6.07, 6.45) is 3.72. The van der Waals surface area contributed by atoms with Gasteiger partial charge in [-0.1, -0.05) is 12.2 Å². The predicted octanol–water partition coefficient (Wildman–Crippen LogP) is 2.33. The maximum absolute atomic E-state index is 11.7. The van der Waals surface area contributed by atoms with Crippen molar-refractivity contribution in [3.05, 3.63) is 12.2 Å². The lowest BCUT2D eigenvalue weighted by molar-refractivity contribution is 0.212. The molecule has 0 saturated carbocycles. The molecule has 5 heteroatoms. The molecule has 78 valence electrons. The van der Waals surface area contributed by atoms with Gasteiger partial charge >= 0.3 is 7.75 Å². The molecule has 0 unspecified atom stereocenters. The summed E-state index contributed by atoms with van der Waals surface area (Å²) in [7, 11) is -3.05. The Kier molecular flexibility index (Phi) is 7.19. The monoisotopic (exact) mass is 207 g/mol. The molecule has 0 amide bonds. The first-order valence-corrected chi connectivity index (χ1v) is 5.98. The number of hydrogen-bond donors (Lipinski definition) is 1. The normalized spacial score (nSPS) is 12.5. The number of hydrogen-bond acceptors (Lipinski definition) is 3. The molecule has 1 N–H and O–H groups in total. The fourth-order valence-electron chi connectivity index (χ4n) is 0.751. The average Bonchev–Trinajstić information content (AvgIpc) is 2.05. The molecule has 13 heavy (non-hydrogen) atoms. The van der Waals surface area contributed by atoms with Crippen LogP contribution in [-0.2, 0) is 13.6 Å². The Morgan fingerprint density at radius 1 is 1.31 bits per heavy atom. The summed E-state index contributed by atoms with van der Waals surface area (Å²) < 4.78 is 21.7. The summed E-state index contributed by atoms with van der Waals surface area (Å²) in [4.78, 5) is 0. The lowest BCUT2D eigenvalue weighted by Crippen LogP contribution is -2.14. The van der Waals surface area contributed by atoms with Crippen LogP contribution >= 0.6 is 7.75 Å². The van der Waals surface area contributed by atoms with Crippen molar-refractivity contribution < 1.29 is 13.6 Å². The topological polar surface area (TPSA) is 47.6 Å². The lowest BCUT2D eigenvalue weighted by Gasteiger charge is -2.16. The smallest absolute Gasteiger partial charge is 0.297 e. The van der Waals surface area contributed by atoms with Gasteiger partial charge in [-0.15, -0.1) is 0 Å². The largest absolute Gasteiger partial charge is 0.405 e. The second kappa shape index (κ2) is 7.27. The second-order valence-corrected chi connectivity index (χ2v) is 4.09. The molecule has 0 atom stereocenters. The molecule has 0 spiro atoms. The maximum atomic E-state index is 11.7. The summed E-state index contributed by atoms with van der Waals surface area (Å²) in [6, 6.07) is 0. The molecule has 0 heterocycles. The zero-order valence-corrected chi connectivity index (χ0v) is 9.34. The minimum absolute atomic E-state index is 0.375. The molecule has 0 radical (unpaired) electrons. The Hall–Kier alpha value is -0.150. The van der Waals surface area contributed by atoms with Crippen LogP contribution in [0.5, 0.6) is 0 Å². The zero-order chi connectivity index (χ0) is 10.2. The molecule has 0 aliphatic carbocycles. The van der Waals surface area contributed by atoms with Crippen LogP contribution in [0.15, 0.2) is 12.2 Å². The molecule has 0 aromatic heterocycles. The van der Waals surface area contributed by atoms with Crippen molar-refractivity contribution in [1.82, 2.24) is 5.09 Å². The number of nitrogens with one attached hydrogen (secondary N) is 1. The van der Waals surface area contributed by atoms with E-state index in [2.05, 4.69) is 5.09 Å². The Balaban J connectivity index is 3.99. The predicted molar refractivity (Wildman–Crippen MR) is 53.7 cm³/mol. The third kappa shape index (κ3) is 5.99. The van der Waals surface area contributed by atoms with Crippen molar-refractivity contribution >= 4 is 7.75 Å². The van der Waals surface area contributed by atoms with Gasteiger partial charge < -0.3 is 0 Å². The third-order valence-electron chi connectivity index (χ3n) is 1.24. The maximum Gasteiger partial charge on any atom is 0.405 e. The van der Waals surface area contributed by atoms with E-state index in [0.717, 1.165) is 0 Å². The minimum Gasteiger partial charge on any atom is -0.297 e. The average molecular weight is 207 g/mol. The van der Waals surface area contributed by atoms with E-state index in [4.69, 9.17) is 9.05 Å². The van der Waals surface area contributed by atoms with Gasteiger partial charge in [0.25, 0.3) is 0 Å². The van der Waals surface area contributed by atoms with E-state index in [0.29, 0.717) is 19.8 Å². The van der Waals surface area contributed by atoms with Crippen molar-refractivity contribution in [1.29, 1.82) is 0 Å². The Labute approximate surface area is 79.9 Å². The Bertz CT molecular complexity index is 184. The van der Waals surface area contributed by atoms with E-state index in [9.17, 15) is 4.57 Å². The van der Waals surface area contributed by atoms with E-state index >= 15 is 0 Å². The highest BCUT2D eigenvalue weighted by Gasteiger charge is 2.21. The van der Waals surface area contributed by atoms with Gasteiger partial charge in [-0.25, -0.2) is 9.65 Å². The van der Waals surface area contributed by atoms with Gasteiger partial charge in [0.2, 0.25) is 0 Å². The Morgan fingerprint density at radius 2 is 1.85 bits per heavy atom. The minimum atomic E-state index is -3.05. The molecule has 4 nitrogen and oxygen atoms in total. The number of allylic oxidation sites excluding steroid dienone is 1. The molecule has 0 aliphatic heterocycles. The molecule has 0 saturated heterocycles. The number of rotatable bonds is 7. The molecular weight excluding hydrogens is 189 g/mol. The van der Waals surface area contributed by atoms with Crippen molar-refractivity contribution in [2.24, 2.45) is 0 Å². The lowest BCUT2D eigenvalue weighted by atomic mass is 10.5. The first kappa shape index (κ1) is 12.8. The molecule has 0 aromatic rings. The fourth-order valence-corrected chi connectivity index (χ4v) is 2.02. The van der Waals surface area contributed by atoms with E-state index < -0.39 is 7.75 Å². The van der Waals surface area contributed by atoms with Gasteiger partial charge in [0.05, 0.1) is 13.2 Å². The second-order valence-electron chi connectivity index (χ2n) is 2.26. The summed E-state index contributed by atoms with van der Waals surface area (Å²) in [6.45, 7) is 6.70. The van der Waals surface area contributed by atoms with E-state index in [1.807, 2.05) is 19.1 Å². The quantitative estimate of drug-likeness (QED) is 0.514. The van der Waals surface area contributed by atoms with Gasteiger partial charge in [0.15, 0.2) is 0 Å². The van der Waals surface area contributed by atoms with Gasteiger partial charge in [-0.2, -0.15) is 0 Å². The van der Waals surface area contributed by atoms with Crippen molar-refractivity contribution in [3.63, 3.8) is 0 Å². The highest BCUT2D eigenvalue weighted by Crippen LogP contribution is 2.42. The molecule has 0 aliphatic rings. The van der Waals surface area contributed by atoms with Crippen LogP contribution < -0.4 is 5.09 Å². The van der Waals surface area contributed by atoms with Crippen LogP contribution in [0.4, 0.5) is 0 Å². The standard InChI is InChI=1S/C8H18NO3P/c1-4-7-8-9-13(10,11-5-2)12-6-3/h4,7H,5-6,8H2,1-3H3,(H,9,10)/b7-4+. The van der Waals surface area contributed by atoms with E-state index in [1.165, 1.54) is 0 Å². The molecule has 0 fully saturated rings. The first-order valence-electron chi connectivity index (χ1n) is 4.44. The van der Waals surface area contributed by atoms with Crippen LogP contribution in [0.3, 0.4) is 0 Å². The van der Waals surface area contributed by atoms with Crippen LogP contribution in [-0.4, -0.2) is 19.8 Å². The highest BCUT2D eigenvalue weighted by atomic mass is 31.2. The summed E-state index contributed by atoms with van der Waals surface area (Å²) in [5, 5.41) is 2.72. The molecule has 0 bridgehead atoms. The molecular formula is C8H18NO3P. The van der Waals surface area contributed by atoms with Crippen molar-refractivity contribution in [2.45, 2.75) is 20.8 Å². The molecule has 0 aromatic carbocycles. The van der Waals surface area contributed by atoms with Gasteiger partial charge in [0, 0.05) is 6.54 Å². The van der Waals surface area contributed by atoms with E-state index in [1.54, 1.807) is 13.8 Å². The van der Waals surface area contributed by atoms with Gasteiger partial charge in [0.1, 0.15) is 0 Å². The van der Waals surface area contributed by atoms with Crippen LogP contribution in [0.1, 0.15) is 20.8 Å². The van der Waals surface area contributed by atoms with Crippen molar-refractivity contribution in [3.8, 4) is 0 Å². The SMILES string of the molecule is C/C=C/CNP(=O)(OCC)OCC. The summed E-state index contributed by atoms with van der Waals surface area (Å²) in [5.74, 6) is 0. The van der Waals surface area contributed by atoms with Crippen LogP contribution in [0, 0.1) is 0 Å². The molecule has 0 rings (SSSR count). The van der Waals surface area contributed by atoms with Gasteiger partial charge in [-0.3, -0.25) is 9.05 Å². The van der Waals surface area contributed by atoms with Gasteiger partial charge in [-0.05, 0) is 20.8 Å². The summed E-state index contributed by atoms with van der Waals surface area (Å²) in [5.41, 5.74) is 0. The third-order valence-corrected chi connectivity index (χ3v) is 3.00. The van der Waals surface area contributed by atoms with Crippen LogP contribution in [0.2, 0.25) is 0 Å². The summed E-state index contributed by atoms with van der Waals surface area (Å²) >= 11 is 0. The fraction of sp³-hybridized carbons (Fsp3) is 0.750. The van der Waals surface area contributed by atoms with Crippen molar-refractivity contribution in [2.75, 3.05) is 19.8 Å². The highest BCUT2D eigenvalue weighted by molar-refractivity contribution is 7.51. The zero-order valence-electron chi connectivity index (χ0n) is 8.45. The first-order chi connectivity index (χ1) is 6.18. The van der Waals surface area contributed by atoms with Crippen LogP contribution in [0.25, 0.3) is 0 Å². The Morgan fingerprint density at radius 3 is 2.23 bits per heavy atom.